The van der Waals surface area contributed by atoms with Crippen LogP contribution in [0.5, 0.6) is 0 Å². The summed E-state index contributed by atoms with van der Waals surface area (Å²) in [6.45, 7) is 6.54. The van der Waals surface area contributed by atoms with E-state index in [0.29, 0.717) is 12.0 Å². The van der Waals surface area contributed by atoms with Gasteiger partial charge in [-0.15, -0.1) is 10.2 Å². The van der Waals surface area contributed by atoms with Gasteiger partial charge < -0.3 is 5.32 Å². The second-order valence-corrected chi connectivity index (χ2v) is 4.58. The van der Waals surface area contributed by atoms with Crippen LogP contribution >= 0.6 is 11.3 Å². The highest BCUT2D eigenvalue weighted by Crippen LogP contribution is 2.26. The third kappa shape index (κ3) is 2.51. The van der Waals surface area contributed by atoms with Crippen molar-refractivity contribution in [2.45, 2.75) is 45.6 Å². The number of rotatable bonds is 5. The molecule has 2 unspecified atom stereocenters. The summed E-state index contributed by atoms with van der Waals surface area (Å²) in [5, 5.41) is 14.0. The molecule has 0 aliphatic rings. The second-order valence-electron chi connectivity index (χ2n) is 3.54. The van der Waals surface area contributed by atoms with E-state index in [1.54, 1.807) is 11.3 Å². The van der Waals surface area contributed by atoms with Crippen molar-refractivity contribution in [3.05, 3.63) is 10.0 Å². The van der Waals surface area contributed by atoms with Gasteiger partial charge in [0.2, 0.25) is 0 Å². The molecule has 0 aliphatic heterocycles. The van der Waals surface area contributed by atoms with Gasteiger partial charge in [-0.25, -0.2) is 0 Å². The molecule has 14 heavy (non-hydrogen) atoms. The lowest BCUT2D eigenvalue weighted by Crippen LogP contribution is -2.14. The van der Waals surface area contributed by atoms with Crippen molar-refractivity contribution in [2.24, 2.45) is 0 Å². The van der Waals surface area contributed by atoms with Crippen LogP contribution in [0, 0.1) is 0 Å². The van der Waals surface area contributed by atoms with Crippen molar-refractivity contribution in [3.63, 3.8) is 0 Å². The zero-order valence-electron chi connectivity index (χ0n) is 9.37. The molecule has 4 heteroatoms. The number of hydrogen-bond acceptors (Lipinski definition) is 4. The SMILES string of the molecule is CCC(C)c1nnc(C(CC)NC)s1. The first-order valence-corrected chi connectivity index (χ1v) is 6.05. The topological polar surface area (TPSA) is 37.8 Å². The lowest BCUT2D eigenvalue weighted by Gasteiger charge is -2.08. The molecule has 0 amide bonds. The van der Waals surface area contributed by atoms with Gasteiger partial charge in [-0.1, -0.05) is 32.1 Å². The van der Waals surface area contributed by atoms with Crippen LogP contribution in [0.15, 0.2) is 0 Å². The molecular weight excluding hydrogens is 194 g/mol. The average molecular weight is 213 g/mol. The molecule has 0 radical (unpaired) electrons. The van der Waals surface area contributed by atoms with Gasteiger partial charge in [-0.3, -0.25) is 0 Å². The molecule has 1 heterocycles. The summed E-state index contributed by atoms with van der Waals surface area (Å²) in [6, 6.07) is 0.366. The minimum Gasteiger partial charge on any atom is -0.311 e. The first kappa shape index (κ1) is 11.6. The lowest BCUT2D eigenvalue weighted by molar-refractivity contribution is 0.567. The Bertz CT molecular complexity index is 268. The molecule has 0 aromatic carbocycles. The molecule has 0 fully saturated rings. The lowest BCUT2D eigenvalue weighted by atomic mass is 10.1. The van der Waals surface area contributed by atoms with Gasteiger partial charge in [0.1, 0.15) is 10.0 Å². The van der Waals surface area contributed by atoms with E-state index in [-0.39, 0.29) is 0 Å². The van der Waals surface area contributed by atoms with Crippen LogP contribution < -0.4 is 5.32 Å². The molecule has 0 saturated carbocycles. The Morgan fingerprint density at radius 3 is 2.36 bits per heavy atom. The van der Waals surface area contributed by atoms with Crippen molar-refractivity contribution in [3.8, 4) is 0 Å². The molecule has 2 atom stereocenters. The smallest absolute Gasteiger partial charge is 0.134 e. The van der Waals surface area contributed by atoms with Crippen LogP contribution in [0.4, 0.5) is 0 Å². The molecule has 1 rings (SSSR count). The number of hydrogen-bond donors (Lipinski definition) is 1. The quantitative estimate of drug-likeness (QED) is 0.817. The largest absolute Gasteiger partial charge is 0.311 e. The van der Waals surface area contributed by atoms with Gasteiger partial charge in [0.05, 0.1) is 6.04 Å². The Labute approximate surface area is 89.9 Å². The molecular formula is C10H19N3S. The fourth-order valence-corrected chi connectivity index (χ4v) is 2.44. The first-order chi connectivity index (χ1) is 6.72. The molecule has 0 spiro atoms. The predicted molar refractivity (Wildman–Crippen MR) is 60.7 cm³/mol. The molecule has 0 bridgehead atoms. The molecule has 3 nitrogen and oxygen atoms in total. The van der Waals surface area contributed by atoms with Crippen molar-refractivity contribution >= 4 is 11.3 Å². The summed E-state index contributed by atoms with van der Waals surface area (Å²) in [7, 11) is 1.97. The molecule has 1 aromatic heterocycles. The van der Waals surface area contributed by atoms with E-state index in [4.69, 9.17) is 0 Å². The third-order valence-electron chi connectivity index (χ3n) is 2.55. The molecule has 0 saturated heterocycles. The summed E-state index contributed by atoms with van der Waals surface area (Å²) >= 11 is 1.74. The van der Waals surface area contributed by atoms with E-state index in [1.807, 2.05) is 7.05 Å². The average Bonchev–Trinajstić information content (AvgIpc) is 2.68. The van der Waals surface area contributed by atoms with Gasteiger partial charge in [0.15, 0.2) is 0 Å². The fourth-order valence-electron chi connectivity index (χ4n) is 1.26. The standard InChI is InChI=1S/C10H19N3S/c1-5-7(3)9-12-13-10(14-9)8(6-2)11-4/h7-8,11H,5-6H2,1-4H3. The van der Waals surface area contributed by atoms with Crippen LogP contribution in [0.1, 0.15) is 55.6 Å². The van der Waals surface area contributed by atoms with Crippen molar-refractivity contribution in [2.75, 3.05) is 7.05 Å². The zero-order valence-corrected chi connectivity index (χ0v) is 10.2. The number of nitrogens with zero attached hydrogens (tertiary/aromatic N) is 2. The van der Waals surface area contributed by atoms with E-state index in [9.17, 15) is 0 Å². The molecule has 0 aliphatic carbocycles. The Morgan fingerprint density at radius 2 is 1.86 bits per heavy atom. The van der Waals surface area contributed by atoms with E-state index in [1.165, 1.54) is 0 Å². The van der Waals surface area contributed by atoms with E-state index in [2.05, 4.69) is 36.3 Å². The summed E-state index contributed by atoms with van der Waals surface area (Å²) in [5.41, 5.74) is 0. The summed E-state index contributed by atoms with van der Waals surface area (Å²) in [6.07, 6.45) is 2.19. The van der Waals surface area contributed by atoms with Crippen LogP contribution in [-0.4, -0.2) is 17.2 Å². The molecule has 80 valence electrons. The van der Waals surface area contributed by atoms with E-state index < -0.39 is 0 Å². The van der Waals surface area contributed by atoms with Gasteiger partial charge >= 0.3 is 0 Å². The highest BCUT2D eigenvalue weighted by atomic mass is 32.1. The van der Waals surface area contributed by atoms with Gasteiger partial charge in [-0.05, 0) is 19.9 Å². The van der Waals surface area contributed by atoms with Gasteiger partial charge in [0, 0.05) is 5.92 Å². The number of nitrogens with one attached hydrogen (secondary N) is 1. The van der Waals surface area contributed by atoms with E-state index in [0.717, 1.165) is 22.9 Å². The fraction of sp³-hybridized carbons (Fsp3) is 0.800. The van der Waals surface area contributed by atoms with E-state index >= 15 is 0 Å². The second kappa shape index (κ2) is 5.41. The Morgan fingerprint density at radius 1 is 1.21 bits per heavy atom. The van der Waals surface area contributed by atoms with Gasteiger partial charge in [0.25, 0.3) is 0 Å². The molecule has 1 aromatic rings. The Balaban J connectivity index is 2.76. The minimum atomic E-state index is 0.366. The first-order valence-electron chi connectivity index (χ1n) is 5.23. The number of aromatic nitrogens is 2. The summed E-state index contributed by atoms with van der Waals surface area (Å²) in [4.78, 5) is 0. The van der Waals surface area contributed by atoms with Crippen LogP contribution in [0.3, 0.4) is 0 Å². The van der Waals surface area contributed by atoms with Gasteiger partial charge in [-0.2, -0.15) is 0 Å². The summed E-state index contributed by atoms with van der Waals surface area (Å²) in [5.74, 6) is 0.538. The maximum absolute atomic E-state index is 4.23. The Hall–Kier alpha value is -0.480. The zero-order chi connectivity index (χ0) is 10.6. The van der Waals surface area contributed by atoms with Crippen LogP contribution in [-0.2, 0) is 0 Å². The summed E-state index contributed by atoms with van der Waals surface area (Å²) < 4.78 is 0. The minimum absolute atomic E-state index is 0.366. The predicted octanol–water partition coefficient (Wildman–Crippen LogP) is 2.72. The Kier molecular flexibility index (Phi) is 4.48. The highest BCUT2D eigenvalue weighted by molar-refractivity contribution is 7.11. The van der Waals surface area contributed by atoms with Crippen molar-refractivity contribution in [1.82, 2.24) is 15.5 Å². The van der Waals surface area contributed by atoms with Crippen LogP contribution in [0.25, 0.3) is 0 Å². The van der Waals surface area contributed by atoms with Crippen LogP contribution in [0.2, 0.25) is 0 Å². The highest BCUT2D eigenvalue weighted by Gasteiger charge is 2.15. The third-order valence-corrected chi connectivity index (χ3v) is 3.81. The monoisotopic (exact) mass is 213 g/mol. The van der Waals surface area contributed by atoms with Crippen molar-refractivity contribution < 1.29 is 0 Å². The maximum Gasteiger partial charge on any atom is 0.134 e. The molecule has 1 N–H and O–H groups in total. The maximum atomic E-state index is 4.23. The normalized spacial score (nSPS) is 15.4. The van der Waals surface area contributed by atoms with Crippen molar-refractivity contribution in [1.29, 1.82) is 0 Å².